The minimum atomic E-state index is -0.599. The van der Waals surface area contributed by atoms with E-state index < -0.39 is 5.97 Å². The maximum absolute atomic E-state index is 13.5. The van der Waals surface area contributed by atoms with Gasteiger partial charge >= 0.3 is 5.97 Å². The van der Waals surface area contributed by atoms with Crippen LogP contribution in [0, 0.1) is 0 Å². The van der Waals surface area contributed by atoms with Gasteiger partial charge in [-0.25, -0.2) is 4.79 Å². The van der Waals surface area contributed by atoms with Gasteiger partial charge in [0, 0.05) is 28.5 Å². The fourth-order valence-corrected chi connectivity index (χ4v) is 5.96. The fourth-order valence-electron chi connectivity index (χ4n) is 5.60. The van der Waals surface area contributed by atoms with Crippen LogP contribution in [0.25, 0.3) is 10.9 Å². The summed E-state index contributed by atoms with van der Waals surface area (Å²) in [6, 6.07) is 19.8. The lowest BCUT2D eigenvalue weighted by Crippen LogP contribution is -2.46. The SMILES string of the molecule is COC(=O)c1[nH]c2ccc(Br)cc2c1NC(=O)CN1CCc2ccccc2C1CN1C(=O)c2ccccc2C1=O. The number of carbonyl (C=O) groups excluding carboxylic acids is 4. The number of aromatic amines is 1. The molecule has 202 valence electrons. The standard InChI is InChI=1S/C30H25BrN4O5/c1-40-30(39)27-26(22-14-18(31)10-11-23(22)32-27)33-25(36)16-34-13-12-17-6-2-3-7-19(17)24(34)15-35-28(37)20-8-4-5-9-21(20)29(35)38/h2-11,14,24,32H,12-13,15-16H2,1H3,(H,33,36). The number of nitrogens with one attached hydrogen (secondary N) is 2. The summed E-state index contributed by atoms with van der Waals surface area (Å²) in [6.07, 6.45) is 0.718. The summed E-state index contributed by atoms with van der Waals surface area (Å²) >= 11 is 3.45. The van der Waals surface area contributed by atoms with E-state index in [9.17, 15) is 19.2 Å². The first-order chi connectivity index (χ1) is 19.4. The van der Waals surface area contributed by atoms with E-state index in [0.29, 0.717) is 34.3 Å². The van der Waals surface area contributed by atoms with Crippen molar-refractivity contribution in [1.29, 1.82) is 0 Å². The first-order valence-electron chi connectivity index (χ1n) is 12.8. The molecule has 3 amide bonds. The number of carbonyl (C=O) groups is 4. The average molecular weight is 601 g/mol. The third-order valence-corrected chi connectivity index (χ3v) is 8.01. The van der Waals surface area contributed by atoms with Crippen LogP contribution in [0.1, 0.15) is 48.4 Å². The van der Waals surface area contributed by atoms with Gasteiger partial charge in [-0.2, -0.15) is 0 Å². The van der Waals surface area contributed by atoms with Crippen molar-refractivity contribution in [1.82, 2.24) is 14.8 Å². The van der Waals surface area contributed by atoms with Crippen LogP contribution in [0.5, 0.6) is 0 Å². The van der Waals surface area contributed by atoms with E-state index in [2.05, 4.69) is 26.2 Å². The maximum Gasteiger partial charge on any atom is 0.356 e. The second-order valence-corrected chi connectivity index (χ2v) is 10.7. The number of amides is 3. The number of aromatic nitrogens is 1. The van der Waals surface area contributed by atoms with Gasteiger partial charge in [0.05, 0.1) is 36.5 Å². The van der Waals surface area contributed by atoms with Gasteiger partial charge < -0.3 is 15.0 Å². The predicted molar refractivity (Wildman–Crippen MR) is 152 cm³/mol. The third-order valence-electron chi connectivity index (χ3n) is 7.52. The van der Waals surface area contributed by atoms with Crippen LogP contribution in [-0.4, -0.2) is 65.2 Å². The molecular weight excluding hydrogens is 576 g/mol. The normalized spacial score (nSPS) is 16.6. The highest BCUT2D eigenvalue weighted by Gasteiger charge is 2.39. The van der Waals surface area contributed by atoms with Crippen molar-refractivity contribution in [3.63, 3.8) is 0 Å². The van der Waals surface area contributed by atoms with Gasteiger partial charge in [0.25, 0.3) is 11.8 Å². The lowest BCUT2D eigenvalue weighted by atomic mass is 9.92. The van der Waals surface area contributed by atoms with Crippen LogP contribution in [0.4, 0.5) is 5.69 Å². The van der Waals surface area contributed by atoms with Crippen LogP contribution in [0.3, 0.4) is 0 Å². The van der Waals surface area contributed by atoms with Gasteiger partial charge in [0.2, 0.25) is 5.91 Å². The summed E-state index contributed by atoms with van der Waals surface area (Å²) in [4.78, 5) is 58.6. The summed E-state index contributed by atoms with van der Waals surface area (Å²) in [5.74, 6) is -1.60. The van der Waals surface area contributed by atoms with E-state index in [1.807, 2.05) is 41.3 Å². The Bertz CT molecular complexity index is 1660. The number of fused-ring (bicyclic) bond motifs is 3. The molecule has 2 N–H and O–H groups in total. The molecule has 1 unspecified atom stereocenters. The van der Waals surface area contributed by atoms with Gasteiger partial charge in [0.15, 0.2) is 0 Å². The topological polar surface area (TPSA) is 112 Å². The second kappa shape index (κ2) is 10.4. The van der Waals surface area contributed by atoms with Gasteiger partial charge in [-0.3, -0.25) is 24.2 Å². The van der Waals surface area contributed by atoms with Crippen molar-refractivity contribution < 1.29 is 23.9 Å². The smallest absolute Gasteiger partial charge is 0.356 e. The molecule has 0 bridgehead atoms. The highest BCUT2D eigenvalue weighted by Crippen LogP contribution is 2.34. The molecule has 1 atom stereocenters. The largest absolute Gasteiger partial charge is 0.464 e. The number of halogens is 1. The Hall–Kier alpha value is -4.28. The highest BCUT2D eigenvalue weighted by atomic mass is 79.9. The number of nitrogens with zero attached hydrogens (tertiary/aromatic N) is 2. The molecule has 2 aliphatic heterocycles. The van der Waals surface area contributed by atoms with Crippen molar-refractivity contribution in [3.05, 3.63) is 99.2 Å². The summed E-state index contributed by atoms with van der Waals surface area (Å²) in [6.45, 7) is 0.662. The van der Waals surface area contributed by atoms with Crippen LogP contribution in [0.2, 0.25) is 0 Å². The maximum atomic E-state index is 13.5. The number of hydrogen-bond acceptors (Lipinski definition) is 6. The Morgan fingerprint density at radius 1 is 1.02 bits per heavy atom. The molecule has 0 spiro atoms. The molecule has 10 heteroatoms. The zero-order valence-electron chi connectivity index (χ0n) is 21.6. The van der Waals surface area contributed by atoms with Crippen molar-refractivity contribution in [3.8, 4) is 0 Å². The summed E-state index contributed by atoms with van der Waals surface area (Å²) < 4.78 is 5.72. The van der Waals surface area contributed by atoms with Crippen molar-refractivity contribution >= 4 is 56.2 Å². The quantitative estimate of drug-likeness (QED) is 0.248. The molecule has 2 aliphatic rings. The minimum absolute atomic E-state index is 0.0105. The van der Waals surface area contributed by atoms with Gasteiger partial charge in [0.1, 0.15) is 5.69 Å². The van der Waals surface area contributed by atoms with E-state index in [0.717, 1.165) is 22.0 Å². The monoisotopic (exact) mass is 600 g/mol. The van der Waals surface area contributed by atoms with Crippen LogP contribution in [0.15, 0.2) is 71.2 Å². The molecule has 9 nitrogen and oxygen atoms in total. The number of anilines is 1. The number of H-pyrrole nitrogens is 1. The summed E-state index contributed by atoms with van der Waals surface area (Å²) in [5, 5.41) is 3.57. The molecule has 0 saturated heterocycles. The third kappa shape index (κ3) is 4.48. The molecule has 4 aromatic rings. The second-order valence-electron chi connectivity index (χ2n) is 9.81. The lowest BCUT2D eigenvalue weighted by molar-refractivity contribution is -0.118. The summed E-state index contributed by atoms with van der Waals surface area (Å²) in [7, 11) is 1.28. The number of rotatable bonds is 6. The highest BCUT2D eigenvalue weighted by molar-refractivity contribution is 9.10. The molecular formula is C30H25BrN4O5. The zero-order chi connectivity index (χ0) is 28.0. The molecule has 3 heterocycles. The number of esters is 1. The molecule has 3 aromatic carbocycles. The molecule has 0 radical (unpaired) electrons. The van der Waals surface area contributed by atoms with E-state index in [-0.39, 0.29) is 42.5 Å². The van der Waals surface area contributed by atoms with E-state index in [1.54, 1.807) is 30.3 Å². The fraction of sp³-hybridized carbons (Fsp3) is 0.200. The Morgan fingerprint density at radius 2 is 1.73 bits per heavy atom. The number of benzene rings is 3. The Balaban J connectivity index is 1.29. The molecule has 40 heavy (non-hydrogen) atoms. The van der Waals surface area contributed by atoms with Crippen LogP contribution in [-0.2, 0) is 16.0 Å². The lowest BCUT2D eigenvalue weighted by Gasteiger charge is -2.38. The van der Waals surface area contributed by atoms with Gasteiger partial charge in [-0.15, -0.1) is 0 Å². The number of hydrogen-bond donors (Lipinski definition) is 2. The molecule has 0 saturated carbocycles. The average Bonchev–Trinajstić information content (AvgIpc) is 3.43. The van der Waals surface area contributed by atoms with Gasteiger partial charge in [-0.05, 0) is 47.9 Å². The Labute approximate surface area is 238 Å². The molecule has 6 rings (SSSR count). The van der Waals surface area contributed by atoms with E-state index >= 15 is 0 Å². The molecule has 0 aliphatic carbocycles. The van der Waals surface area contributed by atoms with Crippen LogP contribution >= 0.6 is 15.9 Å². The van der Waals surface area contributed by atoms with Crippen molar-refractivity contribution in [2.45, 2.75) is 12.5 Å². The van der Waals surface area contributed by atoms with E-state index in [1.165, 1.54) is 12.0 Å². The number of imide groups is 1. The summed E-state index contributed by atoms with van der Waals surface area (Å²) in [5.41, 5.74) is 4.04. The van der Waals surface area contributed by atoms with Gasteiger partial charge in [-0.1, -0.05) is 52.3 Å². The number of ether oxygens (including phenoxy) is 1. The van der Waals surface area contributed by atoms with Crippen molar-refractivity contribution in [2.24, 2.45) is 0 Å². The van der Waals surface area contributed by atoms with Crippen LogP contribution < -0.4 is 5.32 Å². The predicted octanol–water partition coefficient (Wildman–Crippen LogP) is 4.55. The Morgan fingerprint density at radius 3 is 2.45 bits per heavy atom. The molecule has 1 aromatic heterocycles. The minimum Gasteiger partial charge on any atom is -0.464 e. The van der Waals surface area contributed by atoms with E-state index in [4.69, 9.17) is 4.74 Å². The first-order valence-corrected chi connectivity index (χ1v) is 13.6. The Kier molecular flexibility index (Phi) is 6.73. The van der Waals surface area contributed by atoms with Crippen molar-refractivity contribution in [2.75, 3.05) is 32.1 Å². The first kappa shape index (κ1) is 26.0. The number of methoxy groups -OCH3 is 1. The molecule has 0 fully saturated rings. The zero-order valence-corrected chi connectivity index (χ0v) is 23.2.